The van der Waals surface area contributed by atoms with Crippen LogP contribution in [0.4, 0.5) is 0 Å². The normalized spacial score (nSPS) is 13.7. The zero-order chi connectivity index (χ0) is 18.8. The number of hydrogen-bond acceptors (Lipinski definition) is 5. The lowest BCUT2D eigenvalue weighted by Gasteiger charge is -2.22. The number of hydrogen-bond donors (Lipinski definition) is 2. The van der Waals surface area contributed by atoms with Crippen LogP contribution >= 0.6 is 0 Å². The summed E-state index contributed by atoms with van der Waals surface area (Å²) in [5, 5.41) is 14.1. The van der Waals surface area contributed by atoms with E-state index < -0.39 is 29.9 Å². The van der Waals surface area contributed by atoms with Crippen molar-refractivity contribution in [3.8, 4) is 6.07 Å². The molecule has 25 heavy (non-hydrogen) atoms. The van der Waals surface area contributed by atoms with Gasteiger partial charge in [0.2, 0.25) is 11.8 Å². The molecule has 0 saturated carbocycles. The summed E-state index contributed by atoms with van der Waals surface area (Å²) in [6.07, 6.45) is 0.418. The second-order valence-corrected chi connectivity index (χ2v) is 5.79. The third-order valence-electron chi connectivity index (χ3n) is 3.59. The molecule has 134 valence electrons. The molecular weight excluding hydrogens is 322 g/mol. The molecule has 0 aliphatic rings. The van der Waals surface area contributed by atoms with Crippen molar-refractivity contribution in [2.45, 2.75) is 38.8 Å². The molecule has 0 unspecified atom stereocenters. The summed E-state index contributed by atoms with van der Waals surface area (Å²) in [7, 11) is 1.22. The van der Waals surface area contributed by atoms with Gasteiger partial charge in [0.15, 0.2) is 0 Å². The van der Waals surface area contributed by atoms with Gasteiger partial charge in [0.25, 0.3) is 0 Å². The fraction of sp³-hybridized carbons (Fsp3) is 0.444. The Morgan fingerprint density at radius 1 is 1.16 bits per heavy atom. The number of nitrogens with zero attached hydrogens (tertiary/aromatic N) is 1. The number of rotatable bonds is 8. The Hall–Kier alpha value is -2.88. The molecule has 0 aromatic heterocycles. The second kappa shape index (κ2) is 10.1. The van der Waals surface area contributed by atoms with Crippen LogP contribution in [0.15, 0.2) is 30.3 Å². The molecule has 0 heterocycles. The number of benzene rings is 1. The van der Waals surface area contributed by atoms with Crippen molar-refractivity contribution in [2.75, 3.05) is 7.11 Å². The molecule has 1 aromatic rings. The highest BCUT2D eigenvalue weighted by atomic mass is 16.5. The number of carbonyl (C=O) groups excluding carboxylic acids is 3. The van der Waals surface area contributed by atoms with Crippen LogP contribution in [-0.4, -0.2) is 37.0 Å². The van der Waals surface area contributed by atoms with Crippen LogP contribution in [-0.2, 0) is 25.5 Å². The zero-order valence-electron chi connectivity index (χ0n) is 14.6. The highest BCUT2D eigenvalue weighted by Gasteiger charge is 2.28. The van der Waals surface area contributed by atoms with Crippen molar-refractivity contribution in [3.63, 3.8) is 0 Å². The fourth-order valence-corrected chi connectivity index (χ4v) is 2.34. The number of nitrogens with one attached hydrogen (secondary N) is 2. The maximum Gasteiger partial charge on any atom is 0.328 e. The molecule has 1 rings (SSSR count). The second-order valence-electron chi connectivity index (χ2n) is 5.79. The summed E-state index contributed by atoms with van der Waals surface area (Å²) in [6, 6.07) is 9.46. The van der Waals surface area contributed by atoms with E-state index in [4.69, 9.17) is 5.26 Å². The first-order valence-electron chi connectivity index (χ1n) is 7.96. The summed E-state index contributed by atoms with van der Waals surface area (Å²) in [5.41, 5.74) is 0.872. The van der Waals surface area contributed by atoms with Crippen molar-refractivity contribution >= 4 is 17.8 Å². The van der Waals surface area contributed by atoms with Crippen LogP contribution < -0.4 is 10.6 Å². The minimum Gasteiger partial charge on any atom is -0.467 e. The van der Waals surface area contributed by atoms with Crippen LogP contribution in [0.3, 0.4) is 0 Å². The number of ether oxygens (including phenoxy) is 1. The van der Waals surface area contributed by atoms with Crippen LogP contribution in [0.5, 0.6) is 0 Å². The van der Waals surface area contributed by atoms with Crippen molar-refractivity contribution in [1.82, 2.24) is 10.6 Å². The van der Waals surface area contributed by atoms with Crippen LogP contribution in [0.25, 0.3) is 0 Å². The first kappa shape index (κ1) is 20.2. The fourth-order valence-electron chi connectivity index (χ4n) is 2.34. The quantitative estimate of drug-likeness (QED) is 0.682. The van der Waals surface area contributed by atoms with E-state index in [0.717, 1.165) is 5.56 Å². The minimum atomic E-state index is -0.945. The van der Waals surface area contributed by atoms with E-state index >= 15 is 0 Å². The van der Waals surface area contributed by atoms with E-state index in [1.807, 2.05) is 36.4 Å². The van der Waals surface area contributed by atoms with Gasteiger partial charge in [-0.25, -0.2) is 4.79 Å². The zero-order valence-corrected chi connectivity index (χ0v) is 14.6. The first-order chi connectivity index (χ1) is 11.9. The van der Waals surface area contributed by atoms with Gasteiger partial charge in [-0.1, -0.05) is 30.3 Å². The van der Waals surface area contributed by atoms with Crippen LogP contribution in [0.1, 0.15) is 25.8 Å². The smallest absolute Gasteiger partial charge is 0.328 e. The number of carbonyl (C=O) groups is 3. The van der Waals surface area contributed by atoms with Crippen LogP contribution in [0.2, 0.25) is 0 Å². The molecule has 0 aliphatic carbocycles. The Kier molecular flexibility index (Phi) is 8.13. The molecule has 2 amide bonds. The summed E-state index contributed by atoms with van der Waals surface area (Å²) < 4.78 is 4.69. The molecule has 7 heteroatoms. The molecule has 0 fully saturated rings. The maximum absolute atomic E-state index is 12.6. The average molecular weight is 345 g/mol. The lowest BCUT2D eigenvalue weighted by Crippen LogP contribution is -2.52. The van der Waals surface area contributed by atoms with E-state index in [1.54, 1.807) is 6.92 Å². The van der Waals surface area contributed by atoms with Gasteiger partial charge in [0, 0.05) is 19.3 Å². The van der Waals surface area contributed by atoms with Gasteiger partial charge >= 0.3 is 5.97 Å². The topological polar surface area (TPSA) is 108 Å². The van der Waals surface area contributed by atoms with E-state index in [-0.39, 0.29) is 18.7 Å². The van der Waals surface area contributed by atoms with Gasteiger partial charge < -0.3 is 15.4 Å². The highest BCUT2D eigenvalue weighted by molar-refractivity contribution is 5.90. The molecule has 7 nitrogen and oxygen atoms in total. The number of nitriles is 1. The third kappa shape index (κ3) is 7.04. The molecule has 0 aliphatic heterocycles. The number of amides is 2. The first-order valence-corrected chi connectivity index (χ1v) is 7.96. The van der Waals surface area contributed by atoms with Crippen molar-refractivity contribution in [2.24, 2.45) is 5.92 Å². The summed E-state index contributed by atoms with van der Waals surface area (Å²) in [4.78, 5) is 35.9. The van der Waals surface area contributed by atoms with Crippen molar-refractivity contribution < 1.29 is 19.1 Å². The van der Waals surface area contributed by atoms with Gasteiger partial charge in [-0.15, -0.1) is 0 Å². The maximum atomic E-state index is 12.6. The Morgan fingerprint density at radius 3 is 2.32 bits per heavy atom. The number of esters is 1. The van der Waals surface area contributed by atoms with Gasteiger partial charge in [-0.3, -0.25) is 9.59 Å². The molecular formula is C18H23N3O4. The molecule has 3 atom stereocenters. The Morgan fingerprint density at radius 2 is 1.80 bits per heavy atom. The van der Waals surface area contributed by atoms with E-state index in [2.05, 4.69) is 15.4 Å². The Balaban J connectivity index is 2.88. The van der Waals surface area contributed by atoms with E-state index in [9.17, 15) is 14.4 Å². The minimum absolute atomic E-state index is 0.132. The van der Waals surface area contributed by atoms with E-state index in [1.165, 1.54) is 14.0 Å². The standard InChI is InChI=1S/C18H23N3O4/c1-12(11-19)9-16(18(24)25-3)21-17(23)15(20-13(2)22)10-14-7-5-4-6-8-14/h4-8,12,15-16H,9-10H2,1-3H3,(H,20,22)(H,21,23)/t12-,15-,16-/m1/s1. The van der Waals surface area contributed by atoms with Gasteiger partial charge in [-0.05, 0) is 18.9 Å². The third-order valence-corrected chi connectivity index (χ3v) is 3.59. The molecule has 2 N–H and O–H groups in total. The molecule has 1 aromatic carbocycles. The van der Waals surface area contributed by atoms with Gasteiger partial charge in [0.05, 0.1) is 13.2 Å². The molecule has 0 radical (unpaired) electrons. The van der Waals surface area contributed by atoms with E-state index in [0.29, 0.717) is 0 Å². The predicted octanol–water partition coefficient (Wildman–Crippen LogP) is 0.941. The average Bonchev–Trinajstić information content (AvgIpc) is 2.60. The summed E-state index contributed by atoms with van der Waals surface area (Å²) in [5.74, 6) is -1.91. The van der Waals surface area contributed by atoms with Gasteiger partial charge in [0.1, 0.15) is 12.1 Å². The highest BCUT2D eigenvalue weighted by Crippen LogP contribution is 2.08. The number of methoxy groups -OCH3 is 1. The summed E-state index contributed by atoms with van der Waals surface area (Å²) >= 11 is 0. The van der Waals surface area contributed by atoms with Gasteiger partial charge in [-0.2, -0.15) is 5.26 Å². The van der Waals surface area contributed by atoms with Crippen LogP contribution in [0, 0.1) is 17.2 Å². The molecule has 0 spiro atoms. The Bertz CT molecular complexity index is 639. The SMILES string of the molecule is COC(=O)[C@@H](C[C@@H](C)C#N)NC(=O)[C@@H](Cc1ccccc1)NC(C)=O. The Labute approximate surface area is 147 Å². The predicted molar refractivity (Wildman–Crippen MR) is 91.1 cm³/mol. The molecule has 0 saturated heterocycles. The monoisotopic (exact) mass is 345 g/mol. The molecule has 0 bridgehead atoms. The van der Waals surface area contributed by atoms with Crippen molar-refractivity contribution in [3.05, 3.63) is 35.9 Å². The van der Waals surface area contributed by atoms with Crippen molar-refractivity contribution in [1.29, 1.82) is 5.26 Å². The summed E-state index contributed by atoms with van der Waals surface area (Å²) in [6.45, 7) is 2.97. The lowest BCUT2D eigenvalue weighted by molar-refractivity contribution is -0.145. The lowest BCUT2D eigenvalue weighted by atomic mass is 10.0. The largest absolute Gasteiger partial charge is 0.467 e.